The Morgan fingerprint density at radius 2 is 2.36 bits per heavy atom. The molecule has 14 heavy (non-hydrogen) atoms. The monoisotopic (exact) mass is 244 g/mol. The minimum Gasteiger partial charge on any atom is -0.258 e. The summed E-state index contributed by atoms with van der Waals surface area (Å²) >= 11 is 5.42. The molecule has 1 heterocycles. The van der Waals surface area contributed by atoms with E-state index >= 15 is 0 Å². The SMILES string of the molecule is O=[N+]([O-])c1ccc2nc(SS)sc2c1. The molecule has 1 aromatic heterocycles. The number of non-ortho nitro benzene ring substituents is 1. The Labute approximate surface area is 92.3 Å². The van der Waals surface area contributed by atoms with Gasteiger partial charge in [0.25, 0.3) is 5.69 Å². The van der Waals surface area contributed by atoms with Gasteiger partial charge in [0.05, 0.1) is 15.1 Å². The molecule has 0 atom stereocenters. The second-order valence-corrected chi connectivity index (χ2v) is 4.89. The first-order valence-corrected chi connectivity index (χ1v) is 6.25. The van der Waals surface area contributed by atoms with Crippen molar-refractivity contribution in [2.75, 3.05) is 0 Å². The molecule has 0 spiro atoms. The van der Waals surface area contributed by atoms with Crippen molar-refractivity contribution >= 4 is 49.7 Å². The molecule has 0 radical (unpaired) electrons. The summed E-state index contributed by atoms with van der Waals surface area (Å²) < 4.78 is 1.61. The summed E-state index contributed by atoms with van der Waals surface area (Å²) in [6, 6.07) is 4.63. The fourth-order valence-electron chi connectivity index (χ4n) is 1.04. The maximum atomic E-state index is 10.5. The highest BCUT2D eigenvalue weighted by molar-refractivity contribution is 8.69. The fourth-order valence-corrected chi connectivity index (χ4v) is 2.79. The second-order valence-electron chi connectivity index (χ2n) is 2.48. The van der Waals surface area contributed by atoms with Crippen LogP contribution >= 0.6 is 33.8 Å². The Hall–Kier alpha value is -0.790. The van der Waals surface area contributed by atoms with Crippen molar-refractivity contribution in [2.45, 2.75) is 4.34 Å². The molecule has 0 aliphatic carbocycles. The number of thiazole rings is 1. The van der Waals surface area contributed by atoms with Crippen LogP contribution in [0.1, 0.15) is 0 Å². The van der Waals surface area contributed by atoms with E-state index in [0.717, 1.165) is 14.6 Å². The minimum atomic E-state index is -0.410. The van der Waals surface area contributed by atoms with Crippen LogP contribution in [0.5, 0.6) is 0 Å². The fraction of sp³-hybridized carbons (Fsp3) is 0. The highest BCUT2D eigenvalue weighted by Crippen LogP contribution is 2.32. The van der Waals surface area contributed by atoms with Crippen LogP contribution in [0.3, 0.4) is 0 Å². The van der Waals surface area contributed by atoms with Crippen LogP contribution in [0.2, 0.25) is 0 Å². The van der Waals surface area contributed by atoms with Gasteiger partial charge in [-0.05, 0) is 16.9 Å². The molecular weight excluding hydrogens is 240 g/mol. The molecule has 72 valence electrons. The van der Waals surface area contributed by atoms with E-state index < -0.39 is 4.92 Å². The van der Waals surface area contributed by atoms with E-state index in [2.05, 4.69) is 16.6 Å². The highest BCUT2D eigenvalue weighted by atomic mass is 33.1. The zero-order valence-electron chi connectivity index (χ0n) is 6.71. The standard InChI is InChI=1S/C7H4N2O2S3/c10-9(11)4-1-2-5-6(3-4)13-7(8-5)14-12/h1-3,12H. The largest absolute Gasteiger partial charge is 0.270 e. The summed E-state index contributed by atoms with van der Waals surface area (Å²) in [4.78, 5) is 14.3. The summed E-state index contributed by atoms with van der Waals surface area (Å²) in [5, 5.41) is 10.5. The maximum absolute atomic E-state index is 10.5. The molecule has 0 aliphatic rings. The van der Waals surface area contributed by atoms with Gasteiger partial charge in [-0.2, -0.15) is 0 Å². The van der Waals surface area contributed by atoms with E-state index in [1.807, 2.05) is 0 Å². The van der Waals surface area contributed by atoms with Crippen molar-refractivity contribution in [1.82, 2.24) is 4.98 Å². The lowest BCUT2D eigenvalue weighted by Gasteiger charge is -1.88. The van der Waals surface area contributed by atoms with Crippen molar-refractivity contribution in [3.05, 3.63) is 28.3 Å². The van der Waals surface area contributed by atoms with E-state index in [1.54, 1.807) is 6.07 Å². The first-order chi connectivity index (χ1) is 6.70. The molecule has 2 rings (SSSR count). The molecule has 0 bridgehead atoms. The molecule has 0 saturated carbocycles. The number of nitro benzene ring substituents is 1. The molecule has 0 N–H and O–H groups in total. The van der Waals surface area contributed by atoms with E-state index in [1.165, 1.54) is 34.3 Å². The average molecular weight is 244 g/mol. The van der Waals surface area contributed by atoms with E-state index in [9.17, 15) is 10.1 Å². The van der Waals surface area contributed by atoms with Crippen molar-refractivity contribution in [3.8, 4) is 0 Å². The van der Waals surface area contributed by atoms with Crippen LogP contribution in [0.4, 0.5) is 5.69 Å². The van der Waals surface area contributed by atoms with E-state index in [4.69, 9.17) is 0 Å². The Morgan fingerprint density at radius 1 is 1.57 bits per heavy atom. The van der Waals surface area contributed by atoms with Crippen LogP contribution in [-0.4, -0.2) is 9.91 Å². The van der Waals surface area contributed by atoms with Crippen LogP contribution in [0.25, 0.3) is 10.2 Å². The van der Waals surface area contributed by atoms with Gasteiger partial charge in [0.15, 0.2) is 4.34 Å². The van der Waals surface area contributed by atoms with Gasteiger partial charge in [-0.1, -0.05) is 0 Å². The predicted molar refractivity (Wildman–Crippen MR) is 61.1 cm³/mol. The molecule has 4 nitrogen and oxygen atoms in total. The Balaban J connectivity index is 2.59. The normalized spacial score (nSPS) is 10.6. The molecule has 0 amide bonds. The van der Waals surface area contributed by atoms with Crippen LogP contribution in [0, 0.1) is 10.1 Å². The molecule has 0 saturated heterocycles. The number of benzene rings is 1. The zero-order chi connectivity index (χ0) is 10.1. The summed E-state index contributed by atoms with van der Waals surface area (Å²) in [6.45, 7) is 0. The first-order valence-electron chi connectivity index (χ1n) is 3.57. The quantitative estimate of drug-likeness (QED) is 0.381. The van der Waals surface area contributed by atoms with Gasteiger partial charge in [-0.3, -0.25) is 10.1 Å². The number of rotatable bonds is 2. The minimum absolute atomic E-state index is 0.0943. The number of thiol groups is 1. The van der Waals surface area contributed by atoms with Crippen LogP contribution in [-0.2, 0) is 0 Å². The number of hydrogen-bond donors (Lipinski definition) is 1. The van der Waals surface area contributed by atoms with Gasteiger partial charge in [-0.25, -0.2) is 4.98 Å². The van der Waals surface area contributed by atoms with Crippen molar-refractivity contribution < 1.29 is 4.92 Å². The van der Waals surface area contributed by atoms with Crippen molar-refractivity contribution in [1.29, 1.82) is 0 Å². The van der Waals surface area contributed by atoms with Gasteiger partial charge >= 0.3 is 0 Å². The zero-order valence-corrected chi connectivity index (χ0v) is 9.23. The summed E-state index contributed by atoms with van der Waals surface area (Å²) in [5.74, 6) is 0. The van der Waals surface area contributed by atoms with E-state index in [0.29, 0.717) is 0 Å². The molecule has 0 fully saturated rings. The number of nitro groups is 1. The number of nitrogens with zero attached hydrogens (tertiary/aromatic N) is 2. The number of aromatic nitrogens is 1. The van der Waals surface area contributed by atoms with Gasteiger partial charge < -0.3 is 0 Å². The Kier molecular flexibility index (Phi) is 2.62. The van der Waals surface area contributed by atoms with Crippen LogP contribution < -0.4 is 0 Å². The van der Waals surface area contributed by atoms with Crippen LogP contribution in [0.15, 0.2) is 22.5 Å². The summed E-state index contributed by atoms with van der Waals surface area (Å²) in [6.07, 6.45) is 0. The second kappa shape index (κ2) is 3.76. The molecule has 1 aromatic carbocycles. The first kappa shape index (κ1) is 9.75. The van der Waals surface area contributed by atoms with Gasteiger partial charge in [0.2, 0.25) is 0 Å². The molecule has 7 heteroatoms. The van der Waals surface area contributed by atoms with Crippen molar-refractivity contribution in [3.63, 3.8) is 0 Å². The third kappa shape index (κ3) is 1.70. The topological polar surface area (TPSA) is 56.0 Å². The third-order valence-corrected chi connectivity index (χ3v) is 4.09. The van der Waals surface area contributed by atoms with Gasteiger partial charge in [0.1, 0.15) is 0 Å². The Morgan fingerprint density at radius 3 is 3.00 bits per heavy atom. The molecule has 2 aromatic rings. The highest BCUT2D eigenvalue weighted by Gasteiger charge is 2.09. The average Bonchev–Trinajstić information content (AvgIpc) is 2.58. The molecular formula is C7H4N2O2S3. The van der Waals surface area contributed by atoms with Gasteiger partial charge in [0, 0.05) is 12.1 Å². The van der Waals surface area contributed by atoms with E-state index in [-0.39, 0.29) is 5.69 Å². The molecule has 0 unspecified atom stereocenters. The number of fused-ring (bicyclic) bond motifs is 1. The van der Waals surface area contributed by atoms with Crippen molar-refractivity contribution in [2.24, 2.45) is 0 Å². The maximum Gasteiger partial charge on any atom is 0.270 e. The lowest BCUT2D eigenvalue weighted by Crippen LogP contribution is -1.85. The summed E-state index contributed by atoms with van der Waals surface area (Å²) in [7, 11) is 1.24. The van der Waals surface area contributed by atoms with Gasteiger partial charge in [-0.15, -0.1) is 23.0 Å². The lowest BCUT2D eigenvalue weighted by atomic mass is 10.3. The Bertz CT molecular complexity index is 497. The lowest BCUT2D eigenvalue weighted by molar-refractivity contribution is -0.384. The number of hydrogen-bond acceptors (Lipinski definition) is 6. The predicted octanol–water partition coefficient (Wildman–Crippen LogP) is 3.14. The summed E-state index contributed by atoms with van der Waals surface area (Å²) in [5.41, 5.74) is 0.869. The third-order valence-electron chi connectivity index (χ3n) is 1.64. The smallest absolute Gasteiger partial charge is 0.258 e. The molecule has 0 aliphatic heterocycles.